The monoisotopic (exact) mass is 301 g/mol. The van der Waals surface area contributed by atoms with E-state index in [1.165, 1.54) is 0 Å². The van der Waals surface area contributed by atoms with Gasteiger partial charge in [0.2, 0.25) is 10.0 Å². The summed E-state index contributed by atoms with van der Waals surface area (Å²) < 4.78 is 32.2. The molecule has 2 unspecified atom stereocenters. The third kappa shape index (κ3) is 2.89. The molecule has 20 heavy (non-hydrogen) atoms. The maximum atomic E-state index is 12.2. The van der Waals surface area contributed by atoms with Crippen molar-refractivity contribution in [2.24, 2.45) is 0 Å². The first-order valence-electron chi connectivity index (χ1n) is 5.99. The molecule has 1 aliphatic heterocycles. The molecule has 2 rings (SSSR count). The smallest absolute Gasteiger partial charge is 0.271 e. The first-order chi connectivity index (χ1) is 9.31. The number of ether oxygens (including phenoxy) is 1. The molecule has 0 amide bonds. The Morgan fingerprint density at radius 3 is 2.70 bits per heavy atom. The van der Waals surface area contributed by atoms with Crippen LogP contribution in [0.25, 0.3) is 0 Å². The summed E-state index contributed by atoms with van der Waals surface area (Å²) in [7, 11) is -3.83. The summed E-state index contributed by atoms with van der Waals surface area (Å²) in [6.45, 7) is 2.27. The average Bonchev–Trinajstić information content (AvgIpc) is 2.73. The van der Waals surface area contributed by atoms with Gasteiger partial charge >= 0.3 is 0 Å². The van der Waals surface area contributed by atoms with Crippen LogP contribution in [-0.2, 0) is 14.8 Å². The van der Waals surface area contributed by atoms with E-state index in [9.17, 15) is 18.5 Å². The second kappa shape index (κ2) is 5.35. The number of nitro groups is 1. The summed E-state index contributed by atoms with van der Waals surface area (Å²) in [6, 6.07) is 2.95. The number of hydrogen-bond acceptors (Lipinski definition) is 6. The Balaban J connectivity index is 2.27. The van der Waals surface area contributed by atoms with Gasteiger partial charge in [0.15, 0.2) is 0 Å². The lowest BCUT2D eigenvalue weighted by atomic mass is 10.2. The Morgan fingerprint density at radius 2 is 2.20 bits per heavy atom. The maximum absolute atomic E-state index is 12.2. The van der Waals surface area contributed by atoms with Gasteiger partial charge in [-0.15, -0.1) is 0 Å². The van der Waals surface area contributed by atoms with Crippen molar-refractivity contribution in [2.45, 2.75) is 30.4 Å². The zero-order valence-electron chi connectivity index (χ0n) is 10.8. The van der Waals surface area contributed by atoms with Gasteiger partial charge in [-0.1, -0.05) is 0 Å². The van der Waals surface area contributed by atoms with Crippen molar-refractivity contribution < 1.29 is 18.1 Å². The zero-order valence-corrected chi connectivity index (χ0v) is 11.6. The molecular weight excluding hydrogens is 286 g/mol. The first-order valence-corrected chi connectivity index (χ1v) is 7.47. The van der Waals surface area contributed by atoms with Gasteiger partial charge in [0.25, 0.3) is 5.69 Å². The highest BCUT2D eigenvalue weighted by Gasteiger charge is 2.30. The molecule has 0 spiro atoms. The molecule has 0 bridgehead atoms. The third-order valence-electron chi connectivity index (χ3n) is 3.18. The summed E-state index contributed by atoms with van der Waals surface area (Å²) in [6.07, 6.45) is 0.358. The molecule has 1 aromatic rings. The number of anilines is 1. The minimum atomic E-state index is -3.83. The second-order valence-corrected chi connectivity index (χ2v) is 6.25. The van der Waals surface area contributed by atoms with Gasteiger partial charge in [0.1, 0.15) is 4.90 Å². The molecule has 8 nitrogen and oxygen atoms in total. The van der Waals surface area contributed by atoms with Crippen molar-refractivity contribution in [2.75, 3.05) is 12.3 Å². The highest BCUT2D eigenvalue weighted by molar-refractivity contribution is 7.89. The van der Waals surface area contributed by atoms with E-state index in [0.717, 1.165) is 18.2 Å². The molecule has 0 aliphatic carbocycles. The van der Waals surface area contributed by atoms with Crippen molar-refractivity contribution in [3.05, 3.63) is 28.3 Å². The van der Waals surface area contributed by atoms with Crippen LogP contribution in [0, 0.1) is 10.1 Å². The Morgan fingerprint density at radius 1 is 1.50 bits per heavy atom. The Bertz CT molecular complexity index is 631. The van der Waals surface area contributed by atoms with Crippen LogP contribution in [0.4, 0.5) is 11.4 Å². The molecule has 1 aliphatic rings. The van der Waals surface area contributed by atoms with E-state index in [1.807, 2.05) is 0 Å². The predicted octanol–water partition coefficient (Wildman–Crippen LogP) is 0.633. The Labute approximate surface area is 116 Å². The predicted molar refractivity (Wildman–Crippen MR) is 71.6 cm³/mol. The van der Waals surface area contributed by atoms with Crippen LogP contribution < -0.4 is 10.5 Å². The molecule has 0 saturated carbocycles. The van der Waals surface area contributed by atoms with Crippen LogP contribution in [-0.4, -0.2) is 32.1 Å². The number of hydrogen-bond donors (Lipinski definition) is 2. The molecular formula is C11H15N3O5S. The van der Waals surface area contributed by atoms with Crippen LogP contribution in [0.5, 0.6) is 0 Å². The molecule has 3 N–H and O–H groups in total. The van der Waals surface area contributed by atoms with E-state index in [0.29, 0.717) is 13.0 Å². The molecule has 0 aromatic heterocycles. The number of non-ortho nitro benzene ring substituents is 1. The summed E-state index contributed by atoms with van der Waals surface area (Å²) in [4.78, 5) is 9.81. The number of nitrogens with one attached hydrogen (secondary N) is 1. The maximum Gasteiger partial charge on any atom is 0.271 e. The van der Waals surface area contributed by atoms with E-state index in [4.69, 9.17) is 10.5 Å². The first kappa shape index (κ1) is 14.7. The summed E-state index contributed by atoms with van der Waals surface area (Å²) in [5, 5.41) is 10.6. The van der Waals surface area contributed by atoms with Gasteiger partial charge in [-0.25, -0.2) is 13.1 Å². The van der Waals surface area contributed by atoms with Gasteiger partial charge in [-0.05, 0) is 19.4 Å². The number of nitrogens with zero attached hydrogens (tertiary/aromatic N) is 1. The fraction of sp³-hybridized carbons (Fsp3) is 0.455. The molecule has 1 saturated heterocycles. The number of benzene rings is 1. The zero-order chi connectivity index (χ0) is 14.9. The van der Waals surface area contributed by atoms with Crippen LogP contribution >= 0.6 is 0 Å². The van der Waals surface area contributed by atoms with Crippen molar-refractivity contribution in [1.82, 2.24) is 4.72 Å². The Kier molecular flexibility index (Phi) is 3.93. The van der Waals surface area contributed by atoms with Gasteiger partial charge in [-0.2, -0.15) is 0 Å². The SMILES string of the molecule is CC1OCCC1NS(=O)(=O)c1ccc([N+](=O)[O-])cc1N. The summed E-state index contributed by atoms with van der Waals surface area (Å²) in [5.74, 6) is 0. The van der Waals surface area contributed by atoms with Gasteiger partial charge in [0.05, 0.1) is 22.8 Å². The molecule has 1 aromatic carbocycles. The molecule has 1 heterocycles. The van der Waals surface area contributed by atoms with Crippen LogP contribution in [0.2, 0.25) is 0 Å². The standard InChI is InChI=1S/C11H15N3O5S/c1-7-10(4-5-19-7)13-20(17,18)11-3-2-8(14(15)16)6-9(11)12/h2-3,6-7,10,13H,4-5,12H2,1H3. The highest BCUT2D eigenvalue weighted by atomic mass is 32.2. The van der Waals surface area contributed by atoms with Crippen LogP contribution in [0.1, 0.15) is 13.3 Å². The number of nitrogens with two attached hydrogens (primary N) is 1. The van der Waals surface area contributed by atoms with Gasteiger partial charge in [0, 0.05) is 18.7 Å². The number of sulfonamides is 1. The lowest BCUT2D eigenvalue weighted by Crippen LogP contribution is -2.39. The van der Waals surface area contributed by atoms with Crippen molar-refractivity contribution >= 4 is 21.4 Å². The summed E-state index contributed by atoms with van der Waals surface area (Å²) >= 11 is 0. The molecule has 9 heteroatoms. The fourth-order valence-electron chi connectivity index (χ4n) is 2.04. The molecule has 110 valence electrons. The van der Waals surface area contributed by atoms with E-state index in [2.05, 4.69) is 4.72 Å². The lowest BCUT2D eigenvalue weighted by molar-refractivity contribution is -0.384. The van der Waals surface area contributed by atoms with E-state index in [-0.39, 0.29) is 28.4 Å². The van der Waals surface area contributed by atoms with Gasteiger partial charge < -0.3 is 10.5 Å². The largest absolute Gasteiger partial charge is 0.397 e. The van der Waals surface area contributed by atoms with Crippen molar-refractivity contribution in [1.29, 1.82) is 0 Å². The van der Waals surface area contributed by atoms with E-state index >= 15 is 0 Å². The highest BCUT2D eigenvalue weighted by Crippen LogP contribution is 2.25. The van der Waals surface area contributed by atoms with E-state index in [1.54, 1.807) is 6.92 Å². The third-order valence-corrected chi connectivity index (χ3v) is 4.74. The average molecular weight is 301 g/mol. The van der Waals surface area contributed by atoms with Gasteiger partial charge in [-0.3, -0.25) is 10.1 Å². The molecule has 1 fully saturated rings. The molecule has 2 atom stereocenters. The second-order valence-electron chi connectivity index (χ2n) is 4.57. The number of nitro benzene ring substituents is 1. The molecule has 0 radical (unpaired) electrons. The fourth-order valence-corrected chi connectivity index (χ4v) is 3.49. The Hall–Kier alpha value is -1.71. The lowest BCUT2D eigenvalue weighted by Gasteiger charge is -2.16. The van der Waals surface area contributed by atoms with Crippen molar-refractivity contribution in [3.63, 3.8) is 0 Å². The van der Waals surface area contributed by atoms with E-state index < -0.39 is 14.9 Å². The normalized spacial score (nSPS) is 22.9. The topological polar surface area (TPSA) is 125 Å². The quantitative estimate of drug-likeness (QED) is 0.477. The number of rotatable bonds is 4. The summed E-state index contributed by atoms with van der Waals surface area (Å²) in [5.41, 5.74) is 5.19. The van der Waals surface area contributed by atoms with Crippen LogP contribution in [0.15, 0.2) is 23.1 Å². The minimum absolute atomic E-state index is 0.154. The minimum Gasteiger partial charge on any atom is -0.397 e. The van der Waals surface area contributed by atoms with Crippen molar-refractivity contribution in [3.8, 4) is 0 Å². The van der Waals surface area contributed by atoms with Crippen LogP contribution in [0.3, 0.4) is 0 Å². The number of nitrogen functional groups attached to an aromatic ring is 1.